The smallest absolute Gasteiger partial charge is 0.0431 e. The van der Waals surface area contributed by atoms with Gasteiger partial charge in [0.25, 0.3) is 0 Å². The summed E-state index contributed by atoms with van der Waals surface area (Å²) in [6.45, 7) is 2.66. The highest BCUT2D eigenvalue weighted by atomic mass is 35.5. The number of hydrogen-bond acceptors (Lipinski definition) is 1. The van der Waals surface area contributed by atoms with E-state index in [0.717, 1.165) is 0 Å². The summed E-state index contributed by atoms with van der Waals surface area (Å²) in [4.78, 5) is 0. The second-order valence-corrected chi connectivity index (χ2v) is 2.72. The van der Waals surface area contributed by atoms with E-state index in [1.165, 1.54) is 25.9 Å². The molecule has 1 heterocycles. The van der Waals surface area contributed by atoms with Gasteiger partial charge in [-0.15, -0.1) is 0 Å². The van der Waals surface area contributed by atoms with Crippen LogP contribution in [0.1, 0.15) is 12.8 Å². The summed E-state index contributed by atoms with van der Waals surface area (Å²) < 4.78 is 2.39. The number of rotatable bonds is 0. The molecular formula is C4H11ClNP. The van der Waals surface area contributed by atoms with Gasteiger partial charge < -0.3 is 12.4 Å². The molecule has 1 unspecified atom stereocenters. The zero-order valence-electron chi connectivity index (χ0n) is 4.36. The van der Waals surface area contributed by atoms with E-state index in [-0.39, 0.29) is 12.4 Å². The fraction of sp³-hybridized carbons (Fsp3) is 1.00. The maximum Gasteiger partial charge on any atom is 0.0431 e. The van der Waals surface area contributed by atoms with Crippen LogP contribution < -0.4 is 12.4 Å². The summed E-state index contributed by atoms with van der Waals surface area (Å²) >= 11 is 0. The van der Waals surface area contributed by atoms with E-state index in [4.69, 9.17) is 0 Å². The van der Waals surface area contributed by atoms with Crippen LogP contribution >= 0.6 is 9.39 Å². The van der Waals surface area contributed by atoms with Crippen molar-refractivity contribution in [3.05, 3.63) is 0 Å². The summed E-state index contributed by atoms with van der Waals surface area (Å²) in [6, 6.07) is 0. The maximum atomic E-state index is 2.39. The fourth-order valence-electron chi connectivity index (χ4n) is 0.783. The quantitative estimate of drug-likeness (QED) is 0.339. The van der Waals surface area contributed by atoms with Gasteiger partial charge in [-0.2, -0.15) is 4.67 Å². The van der Waals surface area contributed by atoms with Crippen LogP contribution in [0.4, 0.5) is 0 Å². The van der Waals surface area contributed by atoms with E-state index >= 15 is 0 Å². The summed E-state index contributed by atoms with van der Waals surface area (Å²) in [6.07, 6.45) is 2.84. The van der Waals surface area contributed by atoms with E-state index in [2.05, 4.69) is 4.67 Å². The Kier molecular flexibility index (Phi) is 4.01. The molecule has 0 aliphatic carbocycles. The minimum absolute atomic E-state index is 0. The minimum atomic E-state index is 0. The molecule has 1 nitrogen and oxygen atoms in total. The van der Waals surface area contributed by atoms with E-state index in [1.807, 2.05) is 9.39 Å². The van der Waals surface area contributed by atoms with Gasteiger partial charge >= 0.3 is 0 Å². The molecule has 0 N–H and O–H groups in total. The number of nitrogens with zero attached hydrogens (tertiary/aromatic N) is 1. The molecule has 0 radical (unpaired) electrons. The van der Waals surface area contributed by atoms with Crippen molar-refractivity contribution in [2.75, 3.05) is 13.1 Å². The number of hydrogen-bond donors (Lipinski definition) is 0. The highest BCUT2D eigenvalue weighted by Gasteiger charge is 2.07. The van der Waals surface area contributed by atoms with Gasteiger partial charge in [0.05, 0.1) is 0 Å². The standard InChI is InChI=1S/C4H10NP.ClH/c6-5-3-1-2-4-5;/h1-4,6H2;1H. The Morgan fingerprint density at radius 3 is 1.71 bits per heavy atom. The molecule has 0 amide bonds. The molecule has 1 saturated heterocycles. The van der Waals surface area contributed by atoms with E-state index < -0.39 is 0 Å². The lowest BCUT2D eigenvalue weighted by Crippen LogP contribution is -3.00. The molecule has 0 spiro atoms. The highest BCUT2D eigenvalue weighted by Crippen LogP contribution is 2.10. The normalized spacial score (nSPS) is 22.3. The third-order valence-electron chi connectivity index (χ3n) is 1.20. The van der Waals surface area contributed by atoms with Crippen molar-refractivity contribution < 1.29 is 12.4 Å². The molecule has 0 aromatic carbocycles. The average Bonchev–Trinajstić information content (AvgIpc) is 1.86. The van der Waals surface area contributed by atoms with Crippen molar-refractivity contribution in [3.63, 3.8) is 0 Å². The Morgan fingerprint density at radius 2 is 1.57 bits per heavy atom. The Balaban J connectivity index is 0.000000360. The van der Waals surface area contributed by atoms with E-state index in [1.54, 1.807) is 0 Å². The number of halogens is 1. The van der Waals surface area contributed by atoms with Crippen LogP contribution in [0.25, 0.3) is 0 Å². The minimum Gasteiger partial charge on any atom is -1.00 e. The van der Waals surface area contributed by atoms with E-state index in [9.17, 15) is 0 Å². The summed E-state index contributed by atoms with van der Waals surface area (Å²) in [5, 5.41) is 0. The zero-order valence-corrected chi connectivity index (χ0v) is 6.53. The molecule has 0 bridgehead atoms. The topological polar surface area (TPSA) is 3.24 Å². The van der Waals surface area contributed by atoms with Gasteiger partial charge in [-0.1, -0.05) is 0 Å². The molecule has 1 aliphatic heterocycles. The Hall–Kier alpha value is 0.680. The van der Waals surface area contributed by atoms with Crippen LogP contribution in [0.15, 0.2) is 0 Å². The van der Waals surface area contributed by atoms with Gasteiger partial charge in [-0.3, -0.25) is 0 Å². The zero-order chi connectivity index (χ0) is 4.41. The first-order valence-electron chi connectivity index (χ1n) is 2.45. The molecule has 0 aromatic heterocycles. The SMILES string of the molecule is [Cl-].[PH3+]N1CCCC1. The van der Waals surface area contributed by atoms with Gasteiger partial charge in [0.1, 0.15) is 0 Å². The molecule has 0 aromatic rings. The Bertz CT molecular complexity index is 45.0. The molecule has 1 rings (SSSR count). The van der Waals surface area contributed by atoms with Crippen LogP contribution in [0.2, 0.25) is 0 Å². The first-order valence-corrected chi connectivity index (χ1v) is 3.08. The van der Waals surface area contributed by atoms with Crippen molar-refractivity contribution >= 4 is 9.39 Å². The summed E-state index contributed by atoms with van der Waals surface area (Å²) in [7, 11) is 2.00. The lowest BCUT2D eigenvalue weighted by Gasteiger charge is -1.93. The van der Waals surface area contributed by atoms with Gasteiger partial charge in [0, 0.05) is 22.5 Å². The largest absolute Gasteiger partial charge is 1.00 e. The van der Waals surface area contributed by atoms with Gasteiger partial charge in [0.15, 0.2) is 0 Å². The van der Waals surface area contributed by atoms with Gasteiger partial charge in [-0.05, 0) is 12.8 Å². The summed E-state index contributed by atoms with van der Waals surface area (Å²) in [5.74, 6) is 0. The van der Waals surface area contributed by atoms with Crippen LogP contribution in [0.5, 0.6) is 0 Å². The van der Waals surface area contributed by atoms with Crippen LogP contribution in [-0.2, 0) is 0 Å². The average molecular weight is 140 g/mol. The second kappa shape index (κ2) is 3.65. The van der Waals surface area contributed by atoms with Crippen molar-refractivity contribution in [1.82, 2.24) is 4.67 Å². The third kappa shape index (κ3) is 2.48. The van der Waals surface area contributed by atoms with Gasteiger partial charge in [-0.25, -0.2) is 0 Å². The van der Waals surface area contributed by atoms with E-state index in [0.29, 0.717) is 0 Å². The van der Waals surface area contributed by atoms with Crippen molar-refractivity contribution in [1.29, 1.82) is 0 Å². The molecule has 1 aliphatic rings. The molecule has 7 heavy (non-hydrogen) atoms. The molecule has 44 valence electrons. The lowest BCUT2D eigenvalue weighted by molar-refractivity contribution is -0.00000121. The van der Waals surface area contributed by atoms with Crippen molar-refractivity contribution in [2.45, 2.75) is 12.8 Å². The maximum absolute atomic E-state index is 2.39. The highest BCUT2D eigenvalue weighted by molar-refractivity contribution is 7.13. The van der Waals surface area contributed by atoms with Crippen LogP contribution in [0, 0.1) is 0 Å². The predicted octanol–water partition coefficient (Wildman–Crippen LogP) is -2.39. The second-order valence-electron chi connectivity index (χ2n) is 1.83. The molecule has 1 atom stereocenters. The molecule has 3 heteroatoms. The van der Waals surface area contributed by atoms with Crippen molar-refractivity contribution in [2.24, 2.45) is 0 Å². The molecule has 1 fully saturated rings. The monoisotopic (exact) mass is 139 g/mol. The predicted molar refractivity (Wildman–Crippen MR) is 31.9 cm³/mol. The Morgan fingerprint density at radius 1 is 1.14 bits per heavy atom. The fourth-order valence-corrected chi connectivity index (χ4v) is 1.23. The Labute approximate surface area is 53.1 Å². The molecule has 0 saturated carbocycles. The first kappa shape index (κ1) is 7.68. The van der Waals surface area contributed by atoms with Crippen molar-refractivity contribution in [3.8, 4) is 0 Å². The summed E-state index contributed by atoms with van der Waals surface area (Å²) in [5.41, 5.74) is 0. The third-order valence-corrected chi connectivity index (χ3v) is 1.83. The molecular weight excluding hydrogens is 128 g/mol. The van der Waals surface area contributed by atoms with Crippen LogP contribution in [-0.4, -0.2) is 17.8 Å². The lowest BCUT2D eigenvalue weighted by atomic mass is 10.4. The first-order chi connectivity index (χ1) is 2.89. The van der Waals surface area contributed by atoms with Gasteiger partial charge in [0.2, 0.25) is 0 Å². The van der Waals surface area contributed by atoms with Crippen LogP contribution in [0.3, 0.4) is 0 Å².